The highest BCUT2D eigenvalue weighted by molar-refractivity contribution is 5.98. The number of rotatable bonds is 7. The van der Waals surface area contributed by atoms with Crippen molar-refractivity contribution >= 4 is 23.5 Å². The molecule has 1 saturated heterocycles. The third kappa shape index (κ3) is 5.11. The molecular formula is C23H25N3O6. The molecule has 1 aliphatic heterocycles. The minimum atomic E-state index is -0.570. The Bertz CT molecular complexity index is 1030. The van der Waals surface area contributed by atoms with Gasteiger partial charge in [0.2, 0.25) is 5.91 Å². The van der Waals surface area contributed by atoms with Crippen LogP contribution in [0.4, 0.5) is 5.69 Å². The van der Waals surface area contributed by atoms with Gasteiger partial charge in [-0.1, -0.05) is 12.1 Å². The van der Waals surface area contributed by atoms with Crippen LogP contribution in [0.5, 0.6) is 0 Å². The fraction of sp³-hybridized carbons (Fsp3) is 0.348. The topological polar surface area (TPSA) is 119 Å². The molecule has 1 fully saturated rings. The van der Waals surface area contributed by atoms with Crippen LogP contribution in [0.1, 0.15) is 44.7 Å². The molecule has 2 aromatic carbocycles. The summed E-state index contributed by atoms with van der Waals surface area (Å²) in [6, 6.07) is 10.6. The maximum absolute atomic E-state index is 12.9. The molecule has 1 heterocycles. The summed E-state index contributed by atoms with van der Waals surface area (Å²) >= 11 is 0. The molecule has 1 N–H and O–H groups in total. The van der Waals surface area contributed by atoms with E-state index in [1.54, 1.807) is 31.2 Å². The lowest BCUT2D eigenvalue weighted by molar-refractivity contribution is -0.385. The molecule has 2 amide bonds. The van der Waals surface area contributed by atoms with E-state index in [0.29, 0.717) is 49.0 Å². The average molecular weight is 439 g/mol. The van der Waals surface area contributed by atoms with Gasteiger partial charge in [-0.2, -0.15) is 0 Å². The molecule has 1 aliphatic rings. The monoisotopic (exact) mass is 439 g/mol. The molecule has 168 valence electrons. The fourth-order valence-corrected chi connectivity index (χ4v) is 3.81. The number of hydrogen-bond donors (Lipinski definition) is 1. The molecule has 0 aromatic heterocycles. The molecule has 1 unspecified atom stereocenters. The molecule has 9 heteroatoms. The quantitative estimate of drug-likeness (QED) is 0.402. The van der Waals surface area contributed by atoms with Gasteiger partial charge in [-0.25, -0.2) is 4.79 Å². The van der Waals surface area contributed by atoms with Gasteiger partial charge in [0.1, 0.15) is 6.04 Å². The zero-order valence-corrected chi connectivity index (χ0v) is 18.0. The maximum atomic E-state index is 12.9. The SMILES string of the molecule is COC(=O)c1ccc(CCNC(=O)C2CCCN2C(=O)c2ccc([N+](=O)[O-])c(C)c2)cc1. The Morgan fingerprint density at radius 1 is 1.16 bits per heavy atom. The normalized spacial score (nSPS) is 15.3. The van der Waals surface area contributed by atoms with E-state index in [1.165, 1.54) is 30.2 Å². The molecule has 0 spiro atoms. The Labute approximate surface area is 185 Å². The lowest BCUT2D eigenvalue weighted by Gasteiger charge is -2.24. The van der Waals surface area contributed by atoms with Crippen LogP contribution < -0.4 is 5.32 Å². The van der Waals surface area contributed by atoms with Crippen LogP contribution in [0.15, 0.2) is 42.5 Å². The van der Waals surface area contributed by atoms with Crippen molar-refractivity contribution in [3.05, 3.63) is 74.8 Å². The van der Waals surface area contributed by atoms with Crippen molar-refractivity contribution in [2.45, 2.75) is 32.2 Å². The number of nitro groups is 1. The standard InChI is InChI=1S/C23H25N3O6/c1-15-14-18(9-10-19(15)26(30)31)22(28)25-13-3-4-20(25)21(27)24-12-11-16-5-7-17(8-6-16)23(29)32-2/h5-10,14,20H,3-4,11-13H2,1-2H3,(H,24,27). The molecule has 0 aliphatic carbocycles. The predicted molar refractivity (Wildman–Crippen MR) is 116 cm³/mol. The lowest BCUT2D eigenvalue weighted by Crippen LogP contribution is -2.46. The van der Waals surface area contributed by atoms with Crippen LogP contribution in [0.3, 0.4) is 0 Å². The first-order valence-electron chi connectivity index (χ1n) is 10.3. The van der Waals surface area contributed by atoms with Gasteiger partial charge in [-0.3, -0.25) is 19.7 Å². The maximum Gasteiger partial charge on any atom is 0.337 e. The number of nitrogens with one attached hydrogen (secondary N) is 1. The van der Waals surface area contributed by atoms with E-state index >= 15 is 0 Å². The second-order valence-corrected chi connectivity index (χ2v) is 7.64. The summed E-state index contributed by atoms with van der Waals surface area (Å²) in [6.07, 6.45) is 1.86. The van der Waals surface area contributed by atoms with Crippen LogP contribution in [0.2, 0.25) is 0 Å². The van der Waals surface area contributed by atoms with Crippen LogP contribution in [-0.4, -0.2) is 53.8 Å². The molecule has 9 nitrogen and oxygen atoms in total. The highest BCUT2D eigenvalue weighted by atomic mass is 16.6. The Morgan fingerprint density at radius 3 is 2.47 bits per heavy atom. The molecule has 3 rings (SSSR count). The summed E-state index contributed by atoms with van der Waals surface area (Å²) < 4.78 is 4.67. The van der Waals surface area contributed by atoms with Gasteiger partial charge in [0.15, 0.2) is 0 Å². The zero-order chi connectivity index (χ0) is 23.3. The van der Waals surface area contributed by atoms with Crippen molar-refractivity contribution in [2.24, 2.45) is 0 Å². The van der Waals surface area contributed by atoms with E-state index in [-0.39, 0.29) is 17.5 Å². The van der Waals surface area contributed by atoms with E-state index in [4.69, 9.17) is 0 Å². The first-order valence-corrected chi connectivity index (χ1v) is 10.3. The number of benzene rings is 2. The Kier molecular flexibility index (Phi) is 7.19. The van der Waals surface area contributed by atoms with E-state index in [0.717, 1.165) is 5.56 Å². The van der Waals surface area contributed by atoms with Gasteiger partial charge in [0, 0.05) is 30.3 Å². The second-order valence-electron chi connectivity index (χ2n) is 7.64. The number of aryl methyl sites for hydroxylation is 1. The lowest BCUT2D eigenvalue weighted by atomic mass is 10.1. The summed E-state index contributed by atoms with van der Waals surface area (Å²) in [6.45, 7) is 2.44. The number of nitrogens with zero attached hydrogens (tertiary/aromatic N) is 2. The van der Waals surface area contributed by atoms with Crippen molar-refractivity contribution in [1.82, 2.24) is 10.2 Å². The number of hydrogen-bond acceptors (Lipinski definition) is 6. The number of methoxy groups -OCH3 is 1. The molecule has 0 bridgehead atoms. The Morgan fingerprint density at radius 2 is 1.84 bits per heavy atom. The summed E-state index contributed by atoms with van der Waals surface area (Å²) in [4.78, 5) is 49.2. The third-order valence-electron chi connectivity index (χ3n) is 5.54. The van der Waals surface area contributed by atoms with Gasteiger partial charge >= 0.3 is 5.97 Å². The zero-order valence-electron chi connectivity index (χ0n) is 18.0. The summed E-state index contributed by atoms with van der Waals surface area (Å²) in [7, 11) is 1.33. The number of nitro benzene ring substituents is 1. The largest absolute Gasteiger partial charge is 0.465 e. The van der Waals surface area contributed by atoms with Crippen LogP contribution in [0.25, 0.3) is 0 Å². The first-order chi connectivity index (χ1) is 15.3. The third-order valence-corrected chi connectivity index (χ3v) is 5.54. The number of likely N-dealkylation sites (tertiary alicyclic amines) is 1. The first kappa shape index (κ1) is 22.9. The number of carbonyl (C=O) groups is 3. The van der Waals surface area contributed by atoms with E-state index < -0.39 is 16.9 Å². The van der Waals surface area contributed by atoms with Gasteiger partial charge in [0.05, 0.1) is 17.6 Å². The van der Waals surface area contributed by atoms with Crippen molar-refractivity contribution in [1.29, 1.82) is 0 Å². The van der Waals surface area contributed by atoms with Crippen molar-refractivity contribution in [2.75, 3.05) is 20.2 Å². The Hall–Kier alpha value is -3.75. The molecule has 0 saturated carbocycles. The molecule has 0 radical (unpaired) electrons. The van der Waals surface area contributed by atoms with Crippen molar-refractivity contribution in [3.8, 4) is 0 Å². The van der Waals surface area contributed by atoms with Gasteiger partial charge < -0.3 is 15.0 Å². The summed E-state index contributed by atoms with van der Waals surface area (Å²) in [5, 5.41) is 13.9. The predicted octanol–water partition coefficient (Wildman–Crippen LogP) is 2.65. The number of amides is 2. The number of esters is 1. The van der Waals surface area contributed by atoms with E-state index in [1.807, 2.05) is 0 Å². The minimum Gasteiger partial charge on any atom is -0.465 e. The fourth-order valence-electron chi connectivity index (χ4n) is 3.81. The highest BCUT2D eigenvalue weighted by Gasteiger charge is 2.34. The minimum absolute atomic E-state index is 0.0446. The summed E-state index contributed by atoms with van der Waals surface area (Å²) in [5.74, 6) is -0.932. The van der Waals surface area contributed by atoms with Crippen LogP contribution >= 0.6 is 0 Å². The Balaban J connectivity index is 1.58. The van der Waals surface area contributed by atoms with Crippen LogP contribution in [-0.2, 0) is 16.0 Å². The number of ether oxygens (including phenoxy) is 1. The van der Waals surface area contributed by atoms with Crippen molar-refractivity contribution < 1.29 is 24.0 Å². The van der Waals surface area contributed by atoms with Gasteiger partial charge in [0.25, 0.3) is 11.6 Å². The molecule has 1 atom stereocenters. The summed E-state index contributed by atoms with van der Waals surface area (Å²) in [5.41, 5.74) is 2.11. The molecule has 2 aromatic rings. The second kappa shape index (κ2) is 10.0. The van der Waals surface area contributed by atoms with Crippen LogP contribution in [0, 0.1) is 17.0 Å². The highest BCUT2D eigenvalue weighted by Crippen LogP contribution is 2.24. The van der Waals surface area contributed by atoms with E-state index in [2.05, 4.69) is 10.1 Å². The van der Waals surface area contributed by atoms with Crippen molar-refractivity contribution in [3.63, 3.8) is 0 Å². The average Bonchev–Trinajstić information content (AvgIpc) is 3.28. The molecule has 32 heavy (non-hydrogen) atoms. The van der Waals surface area contributed by atoms with Gasteiger partial charge in [-0.05, 0) is 56.0 Å². The van der Waals surface area contributed by atoms with Gasteiger partial charge in [-0.15, -0.1) is 0 Å². The smallest absolute Gasteiger partial charge is 0.337 e. The molecular weight excluding hydrogens is 414 g/mol. The van der Waals surface area contributed by atoms with E-state index in [9.17, 15) is 24.5 Å². The number of carbonyl (C=O) groups excluding carboxylic acids is 3.